The molecule has 1 rings (SSSR count). The minimum atomic E-state index is 0.236. The van der Waals surface area contributed by atoms with Gasteiger partial charge in [-0.1, -0.05) is 45.4 Å². The smallest absolute Gasteiger partial charge is 0.112 e. The van der Waals surface area contributed by atoms with Crippen LogP contribution in [0.2, 0.25) is 0 Å². The predicted octanol–water partition coefficient (Wildman–Crippen LogP) is 5.33. The molecule has 1 atom stereocenters. The summed E-state index contributed by atoms with van der Waals surface area (Å²) < 4.78 is 0. The molecule has 0 aliphatic carbocycles. The Morgan fingerprint density at radius 1 is 1.32 bits per heavy atom. The summed E-state index contributed by atoms with van der Waals surface area (Å²) in [5.74, 6) is 1.38. The van der Waals surface area contributed by atoms with Crippen LogP contribution in [0.1, 0.15) is 53.9 Å². The molecule has 1 aliphatic rings. The molecule has 0 aromatic carbocycles. The quantitative estimate of drug-likeness (QED) is 0.575. The second kappa shape index (κ2) is 10.7. The first-order chi connectivity index (χ1) is 11.9. The largest absolute Gasteiger partial charge is 0.336 e. The number of unbranched alkanes of at least 4 members (excludes halogenated alkanes) is 1. The zero-order chi connectivity index (χ0) is 18.8. The van der Waals surface area contributed by atoms with Crippen molar-refractivity contribution in [2.24, 2.45) is 10.9 Å². The first-order valence-corrected chi connectivity index (χ1v) is 9.28. The Balaban J connectivity index is 2.84. The Bertz CT molecular complexity index is 593. The Labute approximate surface area is 153 Å². The van der Waals surface area contributed by atoms with Gasteiger partial charge in [0.15, 0.2) is 0 Å². The van der Waals surface area contributed by atoms with Gasteiger partial charge in [0, 0.05) is 25.2 Å². The van der Waals surface area contributed by atoms with Crippen LogP contribution in [0.4, 0.5) is 0 Å². The molecular weight excluding hydrogens is 308 g/mol. The molecule has 0 saturated heterocycles. The van der Waals surface area contributed by atoms with Crippen LogP contribution in [0.15, 0.2) is 53.2 Å². The highest BCUT2D eigenvalue weighted by Gasteiger charge is 2.17. The van der Waals surface area contributed by atoms with Crippen LogP contribution >= 0.6 is 0 Å². The third-order valence-corrected chi connectivity index (χ3v) is 4.33. The van der Waals surface area contributed by atoms with E-state index in [0.29, 0.717) is 5.71 Å². The van der Waals surface area contributed by atoms with E-state index in [9.17, 15) is 0 Å². The van der Waals surface area contributed by atoms with Gasteiger partial charge in [-0.15, -0.1) is 0 Å². The number of nitrogens with zero attached hydrogens (tertiary/aromatic N) is 3. The molecule has 25 heavy (non-hydrogen) atoms. The van der Waals surface area contributed by atoms with Gasteiger partial charge in [-0.05, 0) is 38.7 Å². The molecule has 4 nitrogen and oxygen atoms in total. The molecule has 1 heterocycles. The number of allylic oxidation sites excluding steroid dienone is 5. The standard InChI is InChI=1S/C21H34N4/c1-7-10-11-12-13-20-24(6)14-15-25(20)16-18(5)23-19(9-3)21(22)17(4)8-2/h9,11-15,17,22H,7-8,10,16H2,1-6H3/b12-11-,19-9-,20-13+,22-21?,23-18+. The lowest BCUT2D eigenvalue weighted by Gasteiger charge is -2.22. The van der Waals surface area contributed by atoms with Crippen LogP contribution in [0.5, 0.6) is 0 Å². The number of rotatable bonds is 9. The first kappa shape index (κ1) is 20.9. The van der Waals surface area contributed by atoms with Crippen molar-refractivity contribution in [2.75, 3.05) is 13.6 Å². The van der Waals surface area contributed by atoms with Crippen LogP contribution in [-0.2, 0) is 0 Å². The zero-order valence-electron chi connectivity index (χ0n) is 16.7. The van der Waals surface area contributed by atoms with Gasteiger partial charge in [-0.3, -0.25) is 4.99 Å². The van der Waals surface area contributed by atoms with Crippen molar-refractivity contribution in [2.45, 2.75) is 53.9 Å². The van der Waals surface area contributed by atoms with Gasteiger partial charge in [0.05, 0.1) is 18.0 Å². The van der Waals surface area contributed by atoms with Gasteiger partial charge >= 0.3 is 0 Å². The van der Waals surface area contributed by atoms with Crippen LogP contribution < -0.4 is 0 Å². The summed E-state index contributed by atoms with van der Waals surface area (Å²) in [4.78, 5) is 9.01. The summed E-state index contributed by atoms with van der Waals surface area (Å²) in [6.45, 7) is 11.1. The number of aliphatic imine (C=N–C) groups is 1. The zero-order valence-corrected chi connectivity index (χ0v) is 16.7. The molecule has 1 N–H and O–H groups in total. The molecule has 0 bridgehead atoms. The molecule has 0 aromatic heterocycles. The lowest BCUT2D eigenvalue weighted by Crippen LogP contribution is -2.25. The maximum Gasteiger partial charge on any atom is 0.112 e. The minimum absolute atomic E-state index is 0.236. The average molecular weight is 343 g/mol. The highest BCUT2D eigenvalue weighted by molar-refractivity contribution is 6.01. The second-order valence-corrected chi connectivity index (χ2v) is 6.52. The topological polar surface area (TPSA) is 42.7 Å². The monoisotopic (exact) mass is 342 g/mol. The summed E-state index contributed by atoms with van der Waals surface area (Å²) in [6, 6.07) is 0. The van der Waals surface area contributed by atoms with Crippen molar-refractivity contribution in [3.05, 3.63) is 48.2 Å². The fourth-order valence-corrected chi connectivity index (χ4v) is 2.52. The number of hydrogen-bond donors (Lipinski definition) is 1. The molecule has 0 aromatic rings. The Hall–Kier alpha value is -2.10. The minimum Gasteiger partial charge on any atom is -0.336 e. The molecule has 138 valence electrons. The van der Waals surface area contributed by atoms with Gasteiger partial charge in [0.2, 0.25) is 0 Å². The van der Waals surface area contributed by atoms with Gasteiger partial charge in [-0.25, -0.2) is 0 Å². The van der Waals surface area contributed by atoms with E-state index in [1.165, 1.54) is 0 Å². The maximum absolute atomic E-state index is 8.30. The fourth-order valence-electron chi connectivity index (χ4n) is 2.52. The molecule has 0 radical (unpaired) electrons. The molecule has 0 saturated carbocycles. The van der Waals surface area contributed by atoms with E-state index in [1.807, 2.05) is 19.9 Å². The molecule has 1 unspecified atom stereocenters. The van der Waals surface area contributed by atoms with Crippen LogP contribution in [-0.4, -0.2) is 34.8 Å². The van der Waals surface area contributed by atoms with Crippen molar-refractivity contribution in [3.63, 3.8) is 0 Å². The number of hydrogen-bond acceptors (Lipinski definition) is 4. The van der Waals surface area contributed by atoms with E-state index < -0.39 is 0 Å². The third-order valence-electron chi connectivity index (χ3n) is 4.33. The van der Waals surface area contributed by atoms with Crippen molar-refractivity contribution in [3.8, 4) is 0 Å². The Morgan fingerprint density at radius 3 is 2.64 bits per heavy atom. The van der Waals surface area contributed by atoms with Crippen molar-refractivity contribution >= 4 is 11.4 Å². The number of nitrogens with one attached hydrogen (secondary N) is 1. The van der Waals surface area contributed by atoms with E-state index in [-0.39, 0.29) is 5.92 Å². The highest BCUT2D eigenvalue weighted by Crippen LogP contribution is 2.18. The summed E-state index contributed by atoms with van der Waals surface area (Å²) in [5, 5.41) is 8.30. The van der Waals surface area contributed by atoms with E-state index >= 15 is 0 Å². The van der Waals surface area contributed by atoms with E-state index in [1.54, 1.807) is 0 Å². The Morgan fingerprint density at radius 2 is 2.04 bits per heavy atom. The van der Waals surface area contributed by atoms with Gasteiger partial charge in [0.1, 0.15) is 5.82 Å². The lowest BCUT2D eigenvalue weighted by atomic mass is 10.0. The highest BCUT2D eigenvalue weighted by atomic mass is 15.3. The molecule has 0 fully saturated rings. The Kier molecular flexibility index (Phi) is 8.96. The predicted molar refractivity (Wildman–Crippen MR) is 110 cm³/mol. The summed E-state index contributed by atoms with van der Waals surface area (Å²) in [7, 11) is 2.05. The molecule has 1 aliphatic heterocycles. The second-order valence-electron chi connectivity index (χ2n) is 6.52. The van der Waals surface area contributed by atoms with E-state index in [4.69, 9.17) is 10.4 Å². The lowest BCUT2D eigenvalue weighted by molar-refractivity contribution is 0.428. The first-order valence-electron chi connectivity index (χ1n) is 9.28. The van der Waals surface area contributed by atoms with Gasteiger partial charge in [-0.2, -0.15) is 0 Å². The van der Waals surface area contributed by atoms with Crippen LogP contribution in [0.25, 0.3) is 0 Å². The van der Waals surface area contributed by atoms with Crippen molar-refractivity contribution < 1.29 is 0 Å². The third kappa shape index (κ3) is 6.37. The molecule has 0 amide bonds. The SMILES string of the molecule is C/C=C(\N=C(/C)CN1C=CN(C)/C1=C\C=C/CCC)C(=N)C(C)CC. The van der Waals surface area contributed by atoms with Crippen molar-refractivity contribution in [1.29, 1.82) is 5.41 Å². The molecular formula is C21H34N4. The molecule has 0 spiro atoms. The van der Waals surface area contributed by atoms with Gasteiger partial charge < -0.3 is 15.2 Å². The summed E-state index contributed by atoms with van der Waals surface area (Å²) in [5.41, 5.74) is 2.41. The maximum atomic E-state index is 8.30. The van der Waals surface area contributed by atoms with Crippen molar-refractivity contribution in [1.82, 2.24) is 9.80 Å². The normalized spacial score (nSPS) is 18.7. The van der Waals surface area contributed by atoms with Crippen LogP contribution in [0.3, 0.4) is 0 Å². The van der Waals surface area contributed by atoms with E-state index in [0.717, 1.165) is 43.0 Å². The van der Waals surface area contributed by atoms with Crippen LogP contribution in [0, 0.1) is 11.3 Å². The van der Waals surface area contributed by atoms with Gasteiger partial charge in [0.25, 0.3) is 0 Å². The van der Waals surface area contributed by atoms with E-state index in [2.05, 4.69) is 68.2 Å². The summed E-state index contributed by atoms with van der Waals surface area (Å²) in [6.07, 6.45) is 15.8. The molecule has 4 heteroatoms. The fraction of sp³-hybridized carbons (Fsp3) is 0.524. The summed E-state index contributed by atoms with van der Waals surface area (Å²) >= 11 is 0. The average Bonchev–Trinajstić information content (AvgIpc) is 2.95.